The van der Waals surface area contributed by atoms with Gasteiger partial charge in [-0.05, 0) is 56.1 Å². The fourth-order valence-electron chi connectivity index (χ4n) is 5.33. The third-order valence-electron chi connectivity index (χ3n) is 7.22. The largest absolute Gasteiger partial charge is 0.228 e. The van der Waals surface area contributed by atoms with Crippen LogP contribution in [0, 0.1) is 0 Å². The molecule has 0 radical (unpaired) electrons. The van der Waals surface area contributed by atoms with Gasteiger partial charge >= 0.3 is 0 Å². The van der Waals surface area contributed by atoms with Crippen LogP contribution in [0.5, 0.6) is 0 Å². The predicted molar refractivity (Wildman–Crippen MR) is 161 cm³/mol. The summed E-state index contributed by atoms with van der Waals surface area (Å²) in [4.78, 5) is 10.1. The second kappa shape index (κ2) is 9.10. The summed E-state index contributed by atoms with van der Waals surface area (Å²) in [7, 11) is 0. The van der Waals surface area contributed by atoms with Crippen molar-refractivity contribution in [3.8, 4) is 33.9 Å². The average Bonchev–Trinajstić information content (AvgIpc) is 3.01. The molecule has 0 N–H and O–H groups in total. The van der Waals surface area contributed by atoms with Gasteiger partial charge in [0.25, 0.3) is 0 Å². The van der Waals surface area contributed by atoms with Crippen molar-refractivity contribution in [3.05, 3.63) is 140 Å². The van der Waals surface area contributed by atoms with E-state index in [9.17, 15) is 0 Å². The van der Waals surface area contributed by atoms with Crippen molar-refractivity contribution in [1.82, 2.24) is 9.97 Å². The summed E-state index contributed by atoms with van der Waals surface area (Å²) < 4.78 is 0. The van der Waals surface area contributed by atoms with E-state index in [1.165, 1.54) is 32.3 Å². The van der Waals surface area contributed by atoms with E-state index >= 15 is 0 Å². The molecule has 7 rings (SSSR count). The van der Waals surface area contributed by atoms with Gasteiger partial charge in [-0.15, -0.1) is 0 Å². The molecule has 7 aromatic rings. The fraction of sp³-hybridized carbons (Fsp3) is 0. The highest BCUT2D eigenvalue weighted by atomic mass is 14.9. The Hall–Kier alpha value is -5.08. The van der Waals surface area contributed by atoms with Crippen molar-refractivity contribution in [1.29, 1.82) is 0 Å². The smallest absolute Gasteiger partial charge is 0.160 e. The van der Waals surface area contributed by atoms with Crippen LogP contribution < -0.4 is 0 Å². The Labute approximate surface area is 221 Å². The van der Waals surface area contributed by atoms with Crippen LogP contribution in [0.15, 0.2) is 134 Å². The summed E-state index contributed by atoms with van der Waals surface area (Å²) in [6, 6.07) is 44.5. The molecule has 0 aliphatic rings. The molecule has 38 heavy (non-hydrogen) atoms. The van der Waals surface area contributed by atoms with E-state index in [4.69, 9.17) is 9.97 Å². The standard InChI is InChI=1S/C36H24N2/c1-2-24-17-19-30-31-20-18-27(22-33(31)29-16-10-9-15-28(29)32(30)21-24)36-37-34(25-11-5-3-6-12-25)23-35(38-36)26-13-7-4-8-14-26/h2-23H,1H2. The number of benzene rings is 6. The van der Waals surface area contributed by atoms with Gasteiger partial charge in [0.15, 0.2) is 5.82 Å². The van der Waals surface area contributed by atoms with E-state index in [2.05, 4.69) is 97.6 Å². The molecule has 0 unspecified atom stereocenters. The van der Waals surface area contributed by atoms with Gasteiger partial charge in [0.1, 0.15) is 0 Å². The highest BCUT2D eigenvalue weighted by Gasteiger charge is 2.14. The normalized spacial score (nSPS) is 11.3. The van der Waals surface area contributed by atoms with Gasteiger partial charge in [0.05, 0.1) is 11.4 Å². The maximum absolute atomic E-state index is 5.05. The lowest BCUT2D eigenvalue weighted by Gasteiger charge is -2.13. The van der Waals surface area contributed by atoms with Crippen LogP contribution in [0.4, 0.5) is 0 Å². The summed E-state index contributed by atoms with van der Waals surface area (Å²) in [5.74, 6) is 0.721. The molecule has 0 saturated heterocycles. The lowest BCUT2D eigenvalue weighted by molar-refractivity contribution is 1.18. The molecule has 0 aliphatic heterocycles. The van der Waals surface area contributed by atoms with Crippen molar-refractivity contribution >= 4 is 38.4 Å². The molecule has 0 saturated carbocycles. The van der Waals surface area contributed by atoms with E-state index < -0.39 is 0 Å². The summed E-state index contributed by atoms with van der Waals surface area (Å²) in [5, 5.41) is 7.36. The van der Waals surface area contributed by atoms with E-state index in [1.54, 1.807) is 0 Å². The zero-order valence-electron chi connectivity index (χ0n) is 20.8. The fourth-order valence-corrected chi connectivity index (χ4v) is 5.33. The Balaban J connectivity index is 1.50. The van der Waals surface area contributed by atoms with Gasteiger partial charge in [-0.3, -0.25) is 0 Å². The average molecular weight is 485 g/mol. The lowest BCUT2D eigenvalue weighted by Crippen LogP contribution is -1.96. The summed E-state index contributed by atoms with van der Waals surface area (Å²) in [5.41, 5.74) is 6.09. The van der Waals surface area contributed by atoms with Crippen LogP contribution in [0.1, 0.15) is 5.56 Å². The van der Waals surface area contributed by atoms with Crippen LogP contribution in [0.25, 0.3) is 72.3 Å². The Kier molecular flexibility index (Phi) is 5.30. The minimum absolute atomic E-state index is 0.721. The Morgan fingerprint density at radius 3 is 1.50 bits per heavy atom. The number of hydrogen-bond acceptors (Lipinski definition) is 2. The molecule has 2 nitrogen and oxygen atoms in total. The SMILES string of the molecule is C=Cc1ccc2c3ccc(-c4nc(-c5ccccc5)cc(-c5ccccc5)n4)cc3c3ccccc3c2c1. The van der Waals surface area contributed by atoms with Gasteiger partial charge in [0, 0.05) is 16.7 Å². The first-order chi connectivity index (χ1) is 18.8. The predicted octanol–water partition coefficient (Wildman–Crippen LogP) is 9.58. The lowest BCUT2D eigenvalue weighted by atomic mass is 9.92. The van der Waals surface area contributed by atoms with Crippen LogP contribution in [0.2, 0.25) is 0 Å². The zero-order chi connectivity index (χ0) is 25.5. The van der Waals surface area contributed by atoms with Crippen molar-refractivity contribution in [2.75, 3.05) is 0 Å². The van der Waals surface area contributed by atoms with Crippen molar-refractivity contribution in [3.63, 3.8) is 0 Å². The maximum atomic E-state index is 5.05. The third kappa shape index (κ3) is 3.75. The van der Waals surface area contributed by atoms with Crippen LogP contribution >= 0.6 is 0 Å². The quantitative estimate of drug-likeness (QED) is 0.232. The molecule has 0 spiro atoms. The number of nitrogens with zero attached hydrogens (tertiary/aromatic N) is 2. The molecule has 178 valence electrons. The maximum Gasteiger partial charge on any atom is 0.160 e. The Morgan fingerprint density at radius 2 is 0.921 bits per heavy atom. The first-order valence-electron chi connectivity index (χ1n) is 12.8. The molecule has 0 bridgehead atoms. The number of aromatic nitrogens is 2. The van der Waals surface area contributed by atoms with Crippen LogP contribution in [0.3, 0.4) is 0 Å². The topological polar surface area (TPSA) is 25.8 Å². The molecule has 0 fully saturated rings. The molecular formula is C36H24N2. The van der Waals surface area contributed by atoms with E-state index in [-0.39, 0.29) is 0 Å². The first-order valence-corrected chi connectivity index (χ1v) is 12.8. The molecule has 1 aromatic heterocycles. The van der Waals surface area contributed by atoms with Crippen molar-refractivity contribution < 1.29 is 0 Å². The second-order valence-electron chi connectivity index (χ2n) is 9.51. The summed E-state index contributed by atoms with van der Waals surface area (Å²) in [6.45, 7) is 3.97. The highest BCUT2D eigenvalue weighted by Crippen LogP contribution is 2.38. The van der Waals surface area contributed by atoms with E-state index in [1.807, 2.05) is 42.5 Å². The van der Waals surface area contributed by atoms with E-state index in [0.29, 0.717) is 0 Å². The Bertz CT molecular complexity index is 1900. The Morgan fingerprint density at radius 1 is 0.421 bits per heavy atom. The van der Waals surface area contributed by atoms with E-state index in [0.717, 1.165) is 39.5 Å². The highest BCUT2D eigenvalue weighted by molar-refractivity contribution is 6.26. The first kappa shape index (κ1) is 22.1. The number of fused-ring (bicyclic) bond motifs is 6. The van der Waals surface area contributed by atoms with Crippen LogP contribution in [-0.4, -0.2) is 9.97 Å². The van der Waals surface area contributed by atoms with Gasteiger partial charge < -0.3 is 0 Å². The van der Waals surface area contributed by atoms with Gasteiger partial charge in [-0.2, -0.15) is 0 Å². The van der Waals surface area contributed by atoms with Crippen molar-refractivity contribution in [2.24, 2.45) is 0 Å². The minimum Gasteiger partial charge on any atom is -0.228 e. The second-order valence-corrected chi connectivity index (χ2v) is 9.51. The minimum atomic E-state index is 0.721. The zero-order valence-corrected chi connectivity index (χ0v) is 20.8. The van der Waals surface area contributed by atoms with Gasteiger partial charge in [-0.25, -0.2) is 9.97 Å². The third-order valence-corrected chi connectivity index (χ3v) is 7.22. The number of rotatable bonds is 4. The summed E-state index contributed by atoms with van der Waals surface area (Å²) in [6.07, 6.45) is 1.91. The number of hydrogen-bond donors (Lipinski definition) is 0. The molecule has 0 atom stereocenters. The van der Waals surface area contributed by atoms with Gasteiger partial charge in [-0.1, -0.05) is 122 Å². The summed E-state index contributed by atoms with van der Waals surface area (Å²) >= 11 is 0. The van der Waals surface area contributed by atoms with Crippen LogP contribution in [-0.2, 0) is 0 Å². The monoisotopic (exact) mass is 484 g/mol. The molecule has 0 aliphatic carbocycles. The molecule has 6 aromatic carbocycles. The molecule has 0 amide bonds. The molecular weight excluding hydrogens is 460 g/mol. The molecule has 1 heterocycles. The van der Waals surface area contributed by atoms with Gasteiger partial charge in [0.2, 0.25) is 0 Å². The van der Waals surface area contributed by atoms with Crippen molar-refractivity contribution in [2.45, 2.75) is 0 Å². The molecule has 2 heteroatoms.